The summed E-state index contributed by atoms with van der Waals surface area (Å²) >= 11 is 0. The van der Waals surface area contributed by atoms with E-state index in [0.717, 1.165) is 0 Å². The fourth-order valence-electron chi connectivity index (χ4n) is 2.35. The summed E-state index contributed by atoms with van der Waals surface area (Å²) in [5.74, 6) is 0.682. The SMILES string of the molecule is CC=CC=C1CC(=O)N(c2ccc3c(c2)OCCO3)C1=O. The van der Waals surface area contributed by atoms with Crippen LogP contribution in [-0.2, 0) is 9.59 Å². The number of hydrogen-bond acceptors (Lipinski definition) is 4. The molecular formula is C16H15NO4. The zero-order chi connectivity index (χ0) is 14.8. The Morgan fingerprint density at radius 2 is 1.90 bits per heavy atom. The summed E-state index contributed by atoms with van der Waals surface area (Å²) in [6.45, 7) is 2.83. The van der Waals surface area contributed by atoms with Gasteiger partial charge in [-0.2, -0.15) is 0 Å². The lowest BCUT2D eigenvalue weighted by molar-refractivity contribution is -0.120. The van der Waals surface area contributed by atoms with Crippen molar-refractivity contribution in [1.82, 2.24) is 0 Å². The number of fused-ring (bicyclic) bond motifs is 1. The van der Waals surface area contributed by atoms with Crippen LogP contribution >= 0.6 is 0 Å². The van der Waals surface area contributed by atoms with Crippen LogP contribution in [0.25, 0.3) is 0 Å². The molecule has 3 rings (SSSR count). The summed E-state index contributed by atoms with van der Waals surface area (Å²) in [6.07, 6.45) is 5.38. The maximum Gasteiger partial charge on any atom is 0.261 e. The Balaban J connectivity index is 1.93. The van der Waals surface area contributed by atoms with Crippen LogP contribution < -0.4 is 14.4 Å². The van der Waals surface area contributed by atoms with Crippen LogP contribution in [0, 0.1) is 0 Å². The van der Waals surface area contributed by atoms with Gasteiger partial charge < -0.3 is 9.47 Å². The van der Waals surface area contributed by atoms with Crippen molar-refractivity contribution in [3.63, 3.8) is 0 Å². The number of imide groups is 1. The molecule has 0 unspecified atom stereocenters. The lowest BCUT2D eigenvalue weighted by atomic mass is 10.2. The molecular weight excluding hydrogens is 270 g/mol. The van der Waals surface area contributed by atoms with Crippen LogP contribution in [0.3, 0.4) is 0 Å². The van der Waals surface area contributed by atoms with Crippen LogP contribution in [-0.4, -0.2) is 25.0 Å². The van der Waals surface area contributed by atoms with E-state index in [4.69, 9.17) is 9.47 Å². The maximum atomic E-state index is 12.3. The van der Waals surface area contributed by atoms with Gasteiger partial charge in [0.1, 0.15) is 13.2 Å². The van der Waals surface area contributed by atoms with Gasteiger partial charge in [-0.15, -0.1) is 0 Å². The molecule has 0 aliphatic carbocycles. The van der Waals surface area contributed by atoms with Gasteiger partial charge in [0, 0.05) is 11.6 Å². The van der Waals surface area contributed by atoms with Gasteiger partial charge in [-0.3, -0.25) is 9.59 Å². The molecule has 2 aliphatic rings. The van der Waals surface area contributed by atoms with E-state index < -0.39 is 0 Å². The Morgan fingerprint density at radius 3 is 2.67 bits per heavy atom. The molecule has 5 heteroatoms. The molecule has 0 aromatic heterocycles. The zero-order valence-corrected chi connectivity index (χ0v) is 11.7. The Kier molecular flexibility index (Phi) is 3.48. The topological polar surface area (TPSA) is 55.8 Å². The number of allylic oxidation sites excluding steroid dienone is 3. The van der Waals surface area contributed by atoms with Crippen molar-refractivity contribution in [2.24, 2.45) is 0 Å². The highest BCUT2D eigenvalue weighted by molar-refractivity contribution is 6.28. The molecule has 21 heavy (non-hydrogen) atoms. The minimum atomic E-state index is -0.283. The first-order valence-electron chi connectivity index (χ1n) is 6.79. The summed E-state index contributed by atoms with van der Waals surface area (Å²) in [7, 11) is 0. The van der Waals surface area contributed by atoms with Crippen molar-refractivity contribution in [2.75, 3.05) is 18.1 Å². The van der Waals surface area contributed by atoms with Crippen LogP contribution in [0.4, 0.5) is 5.69 Å². The number of ether oxygens (including phenoxy) is 2. The fraction of sp³-hybridized carbons (Fsp3) is 0.250. The zero-order valence-electron chi connectivity index (χ0n) is 11.7. The van der Waals surface area contributed by atoms with Crippen molar-refractivity contribution < 1.29 is 19.1 Å². The first-order chi connectivity index (χ1) is 10.2. The van der Waals surface area contributed by atoms with Gasteiger partial charge in [-0.05, 0) is 19.1 Å². The average molecular weight is 285 g/mol. The Bertz CT molecular complexity index is 660. The van der Waals surface area contributed by atoms with Gasteiger partial charge >= 0.3 is 0 Å². The first-order valence-corrected chi connectivity index (χ1v) is 6.79. The molecule has 5 nitrogen and oxygen atoms in total. The summed E-state index contributed by atoms with van der Waals surface area (Å²) in [5.41, 5.74) is 1.01. The van der Waals surface area contributed by atoms with Gasteiger partial charge in [-0.25, -0.2) is 4.90 Å². The number of rotatable bonds is 2. The van der Waals surface area contributed by atoms with E-state index in [1.165, 1.54) is 4.90 Å². The van der Waals surface area contributed by atoms with Crippen molar-refractivity contribution in [1.29, 1.82) is 0 Å². The minimum Gasteiger partial charge on any atom is -0.486 e. The largest absolute Gasteiger partial charge is 0.486 e. The highest BCUT2D eigenvalue weighted by atomic mass is 16.6. The Labute approximate surface area is 122 Å². The summed E-state index contributed by atoms with van der Waals surface area (Å²) in [4.78, 5) is 25.6. The minimum absolute atomic E-state index is 0.123. The van der Waals surface area contributed by atoms with E-state index in [0.29, 0.717) is 36.0 Å². The van der Waals surface area contributed by atoms with Crippen LogP contribution in [0.5, 0.6) is 11.5 Å². The third kappa shape index (κ3) is 2.42. The van der Waals surface area contributed by atoms with Gasteiger partial charge in [-0.1, -0.05) is 18.2 Å². The van der Waals surface area contributed by atoms with Gasteiger partial charge in [0.15, 0.2) is 11.5 Å². The molecule has 1 aromatic rings. The van der Waals surface area contributed by atoms with E-state index in [1.807, 2.05) is 13.0 Å². The number of hydrogen-bond donors (Lipinski definition) is 0. The van der Waals surface area contributed by atoms with E-state index >= 15 is 0 Å². The number of benzene rings is 1. The number of nitrogens with zero attached hydrogens (tertiary/aromatic N) is 1. The number of carbonyl (C=O) groups excluding carboxylic acids is 2. The van der Waals surface area contributed by atoms with E-state index in [-0.39, 0.29) is 18.2 Å². The maximum absolute atomic E-state index is 12.3. The molecule has 0 atom stereocenters. The monoisotopic (exact) mass is 285 g/mol. The summed E-state index contributed by atoms with van der Waals surface area (Å²) < 4.78 is 10.9. The lowest BCUT2D eigenvalue weighted by Gasteiger charge is -2.21. The normalized spacial score (nSPS) is 19.9. The molecule has 0 bridgehead atoms. The predicted octanol–water partition coefficient (Wildman–Crippen LogP) is 2.22. The molecule has 2 heterocycles. The van der Waals surface area contributed by atoms with Crippen molar-refractivity contribution >= 4 is 17.5 Å². The lowest BCUT2D eigenvalue weighted by Crippen LogP contribution is -2.29. The Morgan fingerprint density at radius 1 is 1.14 bits per heavy atom. The van der Waals surface area contributed by atoms with Crippen molar-refractivity contribution in [3.8, 4) is 11.5 Å². The Hall–Kier alpha value is -2.56. The highest BCUT2D eigenvalue weighted by Crippen LogP contribution is 2.36. The quantitative estimate of drug-likeness (QED) is 0.617. The number of anilines is 1. The molecule has 1 saturated heterocycles. The third-order valence-electron chi connectivity index (χ3n) is 3.34. The van der Waals surface area contributed by atoms with Crippen molar-refractivity contribution in [2.45, 2.75) is 13.3 Å². The molecule has 0 spiro atoms. The molecule has 0 saturated carbocycles. The average Bonchev–Trinajstić information content (AvgIpc) is 2.79. The fourth-order valence-corrected chi connectivity index (χ4v) is 2.35. The highest BCUT2D eigenvalue weighted by Gasteiger charge is 2.35. The molecule has 0 radical (unpaired) electrons. The number of carbonyl (C=O) groups is 2. The van der Waals surface area contributed by atoms with Gasteiger partial charge in [0.05, 0.1) is 12.1 Å². The molecule has 108 valence electrons. The first kappa shape index (κ1) is 13.4. The second kappa shape index (κ2) is 5.44. The van der Waals surface area contributed by atoms with Crippen LogP contribution in [0.1, 0.15) is 13.3 Å². The van der Waals surface area contributed by atoms with E-state index in [2.05, 4.69) is 0 Å². The molecule has 2 aliphatic heterocycles. The second-order valence-electron chi connectivity index (χ2n) is 4.76. The number of amides is 2. The molecule has 1 aromatic carbocycles. The molecule has 2 amide bonds. The van der Waals surface area contributed by atoms with Crippen LogP contribution in [0.15, 0.2) is 42.0 Å². The smallest absolute Gasteiger partial charge is 0.261 e. The summed E-state index contributed by atoms with van der Waals surface area (Å²) in [5, 5.41) is 0. The van der Waals surface area contributed by atoms with Gasteiger partial charge in [0.2, 0.25) is 5.91 Å². The second-order valence-corrected chi connectivity index (χ2v) is 4.76. The molecule has 0 N–H and O–H groups in total. The van der Waals surface area contributed by atoms with E-state index in [1.54, 1.807) is 30.4 Å². The van der Waals surface area contributed by atoms with Gasteiger partial charge in [0.25, 0.3) is 5.91 Å². The van der Waals surface area contributed by atoms with Crippen LogP contribution in [0.2, 0.25) is 0 Å². The standard InChI is InChI=1S/C16H15NO4/c1-2-3-4-11-9-15(18)17(16(11)19)12-5-6-13-14(10-12)21-8-7-20-13/h2-6,10H,7-9H2,1H3. The molecule has 1 fully saturated rings. The van der Waals surface area contributed by atoms with Crippen molar-refractivity contribution in [3.05, 3.63) is 42.0 Å². The predicted molar refractivity (Wildman–Crippen MR) is 77.4 cm³/mol. The third-order valence-corrected chi connectivity index (χ3v) is 3.34. The van der Waals surface area contributed by atoms with E-state index in [9.17, 15) is 9.59 Å². The summed E-state index contributed by atoms with van der Waals surface area (Å²) in [6, 6.07) is 5.09.